The summed E-state index contributed by atoms with van der Waals surface area (Å²) in [6.45, 7) is 8.06. The number of piperazine rings is 1. The maximum Gasteiger partial charge on any atom is 0.409 e. The van der Waals surface area contributed by atoms with Gasteiger partial charge in [0.15, 0.2) is 11.5 Å². The number of carbonyl (C=O) groups is 2. The first-order chi connectivity index (χ1) is 14.0. The van der Waals surface area contributed by atoms with E-state index in [1.165, 1.54) is 5.56 Å². The molecular formula is C21H27N5O3. The monoisotopic (exact) mass is 397 g/mol. The molecule has 0 spiro atoms. The van der Waals surface area contributed by atoms with Gasteiger partial charge in [-0.3, -0.25) is 4.79 Å². The van der Waals surface area contributed by atoms with Crippen LogP contribution >= 0.6 is 0 Å². The van der Waals surface area contributed by atoms with Gasteiger partial charge in [0, 0.05) is 31.9 Å². The van der Waals surface area contributed by atoms with Crippen LogP contribution in [0.3, 0.4) is 0 Å². The van der Waals surface area contributed by atoms with Gasteiger partial charge in [0.05, 0.1) is 6.61 Å². The average molecular weight is 397 g/mol. The van der Waals surface area contributed by atoms with Crippen LogP contribution in [0.4, 0.5) is 16.3 Å². The number of rotatable bonds is 5. The van der Waals surface area contributed by atoms with Gasteiger partial charge in [-0.15, -0.1) is 10.2 Å². The van der Waals surface area contributed by atoms with Gasteiger partial charge in [-0.2, -0.15) is 0 Å². The van der Waals surface area contributed by atoms with Crippen LogP contribution in [-0.2, 0) is 11.2 Å². The van der Waals surface area contributed by atoms with Crippen molar-refractivity contribution in [2.45, 2.75) is 27.2 Å². The molecule has 0 saturated carbocycles. The zero-order valence-corrected chi connectivity index (χ0v) is 17.1. The average Bonchev–Trinajstić information content (AvgIpc) is 2.75. The third-order valence-corrected chi connectivity index (χ3v) is 4.97. The van der Waals surface area contributed by atoms with E-state index in [4.69, 9.17) is 4.74 Å². The van der Waals surface area contributed by atoms with E-state index in [2.05, 4.69) is 28.5 Å². The first kappa shape index (κ1) is 20.6. The summed E-state index contributed by atoms with van der Waals surface area (Å²) in [7, 11) is 0. The molecule has 1 saturated heterocycles. The Morgan fingerprint density at radius 2 is 1.76 bits per heavy atom. The van der Waals surface area contributed by atoms with E-state index in [0.29, 0.717) is 44.3 Å². The zero-order chi connectivity index (χ0) is 20.8. The molecule has 1 aromatic carbocycles. The lowest BCUT2D eigenvalue weighted by Gasteiger charge is -2.33. The Labute approximate surface area is 170 Å². The van der Waals surface area contributed by atoms with Gasteiger partial charge in [0.25, 0.3) is 5.91 Å². The Kier molecular flexibility index (Phi) is 6.64. The highest BCUT2D eigenvalue weighted by Crippen LogP contribution is 2.24. The molecule has 0 radical (unpaired) electrons. The number of amides is 2. The van der Waals surface area contributed by atoms with Crippen molar-refractivity contribution in [3.63, 3.8) is 0 Å². The van der Waals surface area contributed by atoms with Crippen LogP contribution in [0.2, 0.25) is 0 Å². The summed E-state index contributed by atoms with van der Waals surface area (Å²) in [5, 5.41) is 11.6. The number of hydrogen-bond donors (Lipinski definition) is 1. The number of aromatic nitrogens is 2. The number of hydrogen-bond acceptors (Lipinski definition) is 6. The number of ether oxygens (including phenoxy) is 1. The summed E-state index contributed by atoms with van der Waals surface area (Å²) >= 11 is 0. The topological polar surface area (TPSA) is 87.7 Å². The zero-order valence-electron chi connectivity index (χ0n) is 17.1. The Morgan fingerprint density at radius 1 is 1.03 bits per heavy atom. The van der Waals surface area contributed by atoms with E-state index in [-0.39, 0.29) is 12.0 Å². The van der Waals surface area contributed by atoms with Crippen molar-refractivity contribution in [2.24, 2.45) is 0 Å². The van der Waals surface area contributed by atoms with Crippen LogP contribution in [0.15, 0.2) is 30.3 Å². The standard InChI is InChI=1S/C21H27N5O3/c1-4-16-8-6-7-15(3)19(16)22-18-10-9-17(23-24-18)20(27)25-11-13-26(14-12-25)21(28)29-5-2/h6-10H,4-5,11-14H2,1-3H3,(H,22,24). The lowest BCUT2D eigenvalue weighted by atomic mass is 10.1. The normalized spacial score (nSPS) is 13.9. The highest BCUT2D eigenvalue weighted by atomic mass is 16.6. The third kappa shape index (κ3) is 4.82. The smallest absolute Gasteiger partial charge is 0.409 e. The molecule has 1 N–H and O–H groups in total. The SMILES string of the molecule is CCOC(=O)N1CCN(C(=O)c2ccc(Nc3c(C)cccc3CC)nn2)CC1. The molecule has 2 aromatic rings. The van der Waals surface area contributed by atoms with Gasteiger partial charge >= 0.3 is 6.09 Å². The quantitative estimate of drug-likeness (QED) is 0.834. The maximum absolute atomic E-state index is 12.7. The van der Waals surface area contributed by atoms with E-state index in [1.807, 2.05) is 19.1 Å². The molecule has 0 aliphatic carbocycles. The van der Waals surface area contributed by atoms with Crippen molar-refractivity contribution in [2.75, 3.05) is 38.1 Å². The fourth-order valence-corrected chi connectivity index (χ4v) is 3.31. The molecule has 3 rings (SSSR count). The Hall–Kier alpha value is -3.16. The number of benzene rings is 1. The molecule has 2 amide bonds. The number of carbonyl (C=O) groups excluding carboxylic acids is 2. The summed E-state index contributed by atoms with van der Waals surface area (Å²) < 4.78 is 5.00. The van der Waals surface area contributed by atoms with Gasteiger partial charge < -0.3 is 19.9 Å². The summed E-state index contributed by atoms with van der Waals surface area (Å²) in [5.41, 5.74) is 3.65. The largest absolute Gasteiger partial charge is 0.450 e. The van der Waals surface area contributed by atoms with Crippen molar-refractivity contribution in [3.8, 4) is 0 Å². The van der Waals surface area contributed by atoms with Gasteiger partial charge in [-0.25, -0.2) is 4.79 Å². The van der Waals surface area contributed by atoms with Crippen molar-refractivity contribution in [3.05, 3.63) is 47.2 Å². The molecule has 154 valence electrons. The van der Waals surface area contributed by atoms with Crippen LogP contribution in [0, 0.1) is 6.92 Å². The van der Waals surface area contributed by atoms with Crippen LogP contribution < -0.4 is 5.32 Å². The first-order valence-corrected chi connectivity index (χ1v) is 9.93. The fourth-order valence-electron chi connectivity index (χ4n) is 3.31. The van der Waals surface area contributed by atoms with Crippen molar-refractivity contribution in [1.82, 2.24) is 20.0 Å². The van der Waals surface area contributed by atoms with E-state index >= 15 is 0 Å². The summed E-state index contributed by atoms with van der Waals surface area (Å²) in [4.78, 5) is 27.8. The van der Waals surface area contributed by atoms with Crippen LogP contribution in [0.1, 0.15) is 35.5 Å². The predicted octanol–water partition coefficient (Wildman–Crippen LogP) is 3.01. The molecule has 29 heavy (non-hydrogen) atoms. The van der Waals surface area contributed by atoms with Gasteiger partial charge in [-0.1, -0.05) is 25.1 Å². The first-order valence-electron chi connectivity index (χ1n) is 9.93. The Bertz CT molecular complexity index is 861. The molecule has 0 bridgehead atoms. The minimum Gasteiger partial charge on any atom is -0.450 e. The van der Waals surface area contributed by atoms with Crippen LogP contribution in [0.25, 0.3) is 0 Å². The molecule has 0 atom stereocenters. The highest BCUT2D eigenvalue weighted by molar-refractivity contribution is 5.92. The summed E-state index contributed by atoms with van der Waals surface area (Å²) in [6, 6.07) is 9.61. The molecule has 1 aliphatic heterocycles. The molecule has 1 fully saturated rings. The molecule has 1 aromatic heterocycles. The Balaban J connectivity index is 1.62. The van der Waals surface area contributed by atoms with Gasteiger partial charge in [-0.05, 0) is 43.5 Å². The Morgan fingerprint density at radius 3 is 2.38 bits per heavy atom. The second-order valence-electron chi connectivity index (χ2n) is 6.87. The van der Waals surface area contributed by atoms with Crippen molar-refractivity contribution < 1.29 is 14.3 Å². The number of para-hydroxylation sites is 1. The van der Waals surface area contributed by atoms with Crippen LogP contribution in [-0.4, -0.2) is 64.8 Å². The van der Waals surface area contributed by atoms with Gasteiger partial charge in [0.1, 0.15) is 0 Å². The number of nitrogens with one attached hydrogen (secondary N) is 1. The lowest BCUT2D eigenvalue weighted by molar-refractivity contribution is 0.0565. The number of aryl methyl sites for hydroxylation is 2. The maximum atomic E-state index is 12.7. The minimum absolute atomic E-state index is 0.183. The third-order valence-electron chi connectivity index (χ3n) is 4.97. The molecular weight excluding hydrogens is 370 g/mol. The number of nitrogens with zero attached hydrogens (tertiary/aromatic N) is 4. The molecule has 1 aliphatic rings. The van der Waals surface area contributed by atoms with Crippen molar-refractivity contribution in [1.29, 1.82) is 0 Å². The second kappa shape index (κ2) is 9.36. The van der Waals surface area contributed by atoms with Crippen LogP contribution in [0.5, 0.6) is 0 Å². The summed E-state index contributed by atoms with van der Waals surface area (Å²) in [5.74, 6) is 0.412. The molecule has 8 nitrogen and oxygen atoms in total. The van der Waals surface area contributed by atoms with E-state index in [1.54, 1.807) is 28.9 Å². The highest BCUT2D eigenvalue weighted by Gasteiger charge is 2.26. The fraction of sp³-hybridized carbons (Fsp3) is 0.429. The van der Waals surface area contributed by atoms with E-state index in [9.17, 15) is 9.59 Å². The van der Waals surface area contributed by atoms with E-state index in [0.717, 1.165) is 17.7 Å². The lowest BCUT2D eigenvalue weighted by Crippen LogP contribution is -2.50. The van der Waals surface area contributed by atoms with Crippen molar-refractivity contribution >= 4 is 23.5 Å². The second-order valence-corrected chi connectivity index (χ2v) is 6.87. The molecule has 8 heteroatoms. The number of anilines is 2. The molecule has 2 heterocycles. The molecule has 0 unspecified atom stereocenters. The minimum atomic E-state index is -0.336. The van der Waals surface area contributed by atoms with Gasteiger partial charge in [0.2, 0.25) is 0 Å². The van der Waals surface area contributed by atoms with E-state index < -0.39 is 0 Å². The summed E-state index contributed by atoms with van der Waals surface area (Å²) in [6.07, 6.45) is 0.573. The predicted molar refractivity (Wildman–Crippen MR) is 110 cm³/mol.